The molecule has 2 N–H and O–H groups in total. The summed E-state index contributed by atoms with van der Waals surface area (Å²) in [6.07, 6.45) is 0.0374. The predicted octanol–water partition coefficient (Wildman–Crippen LogP) is 0.868. The average molecular weight is 310 g/mol. The van der Waals surface area contributed by atoms with Crippen LogP contribution in [0.4, 0.5) is 4.39 Å². The Morgan fingerprint density at radius 2 is 2.36 bits per heavy atom. The van der Waals surface area contributed by atoms with Crippen molar-refractivity contribution in [3.63, 3.8) is 0 Å². The molecule has 1 aliphatic rings. The number of aliphatic hydroxyl groups excluding tert-OH is 1. The number of halogens is 1. The van der Waals surface area contributed by atoms with Crippen LogP contribution in [-0.4, -0.2) is 55.4 Å². The van der Waals surface area contributed by atoms with Gasteiger partial charge in [-0.1, -0.05) is 6.07 Å². The lowest BCUT2D eigenvalue weighted by atomic mass is 9.93. The molecule has 1 heterocycles. The van der Waals surface area contributed by atoms with E-state index < -0.39 is 6.10 Å². The largest absolute Gasteiger partial charge is 0.389 e. The van der Waals surface area contributed by atoms with Crippen LogP contribution in [0.25, 0.3) is 0 Å². The molecule has 0 saturated heterocycles. The quantitative estimate of drug-likeness (QED) is 0.818. The van der Waals surface area contributed by atoms with E-state index >= 15 is 0 Å². The molecule has 0 bridgehead atoms. The second-order valence-corrected chi connectivity index (χ2v) is 5.60. The third kappa shape index (κ3) is 4.03. The molecule has 0 radical (unpaired) electrons. The molecule has 2 rings (SSSR count). The minimum Gasteiger partial charge on any atom is -0.389 e. The van der Waals surface area contributed by atoms with Crippen molar-refractivity contribution in [3.8, 4) is 0 Å². The number of nitrogens with one attached hydrogen (secondary N) is 1. The number of amides is 1. The highest BCUT2D eigenvalue weighted by Crippen LogP contribution is 2.29. The molecule has 5 nitrogen and oxygen atoms in total. The highest BCUT2D eigenvalue weighted by molar-refractivity contribution is 5.79. The molecular weight excluding hydrogens is 287 g/mol. The maximum Gasteiger partial charge on any atom is 0.237 e. The highest BCUT2D eigenvalue weighted by atomic mass is 19.1. The van der Waals surface area contributed by atoms with Crippen LogP contribution in [0, 0.1) is 5.82 Å². The first-order valence-corrected chi connectivity index (χ1v) is 7.48. The second-order valence-electron chi connectivity index (χ2n) is 5.60. The summed E-state index contributed by atoms with van der Waals surface area (Å²) in [7, 11) is 1.52. The van der Waals surface area contributed by atoms with Crippen molar-refractivity contribution in [1.29, 1.82) is 0 Å². The van der Waals surface area contributed by atoms with Gasteiger partial charge in [0.15, 0.2) is 0 Å². The summed E-state index contributed by atoms with van der Waals surface area (Å²) in [6.45, 7) is 3.25. The molecule has 2 atom stereocenters. The van der Waals surface area contributed by atoms with Crippen molar-refractivity contribution >= 4 is 5.91 Å². The Bertz CT molecular complexity index is 524. The zero-order valence-electron chi connectivity index (χ0n) is 13.0. The fraction of sp³-hybridized carbons (Fsp3) is 0.562. The van der Waals surface area contributed by atoms with Crippen LogP contribution in [0.15, 0.2) is 18.2 Å². The zero-order valence-corrected chi connectivity index (χ0v) is 13.0. The smallest absolute Gasteiger partial charge is 0.237 e. The molecule has 0 fully saturated rings. The van der Waals surface area contributed by atoms with Gasteiger partial charge in [-0.25, -0.2) is 4.39 Å². The number of hydrogen-bond donors (Lipinski definition) is 2. The predicted molar refractivity (Wildman–Crippen MR) is 81.0 cm³/mol. The maximum absolute atomic E-state index is 13.3. The fourth-order valence-corrected chi connectivity index (χ4v) is 2.84. The number of benzene rings is 1. The van der Waals surface area contributed by atoms with Crippen molar-refractivity contribution in [2.24, 2.45) is 0 Å². The SMILES string of the molecule is COC[C@@H](O)CNCC(=O)N1CCc2cc(F)ccc2C1C. The van der Waals surface area contributed by atoms with Gasteiger partial charge in [0.05, 0.1) is 25.3 Å². The molecule has 6 heteroatoms. The Kier molecular flexibility index (Phi) is 5.88. The molecule has 1 aromatic rings. The second kappa shape index (κ2) is 7.67. The van der Waals surface area contributed by atoms with Gasteiger partial charge in [0.2, 0.25) is 5.91 Å². The number of aliphatic hydroxyl groups is 1. The van der Waals surface area contributed by atoms with E-state index in [1.807, 2.05) is 6.92 Å². The lowest BCUT2D eigenvalue weighted by Crippen LogP contribution is -2.44. The molecule has 1 aliphatic heterocycles. The van der Waals surface area contributed by atoms with Crippen LogP contribution >= 0.6 is 0 Å². The van der Waals surface area contributed by atoms with E-state index in [2.05, 4.69) is 5.32 Å². The van der Waals surface area contributed by atoms with Crippen LogP contribution in [0.1, 0.15) is 24.1 Å². The summed E-state index contributed by atoms with van der Waals surface area (Å²) in [5, 5.41) is 12.5. The van der Waals surface area contributed by atoms with Crippen LogP contribution in [0.2, 0.25) is 0 Å². The van der Waals surface area contributed by atoms with Crippen molar-refractivity contribution in [1.82, 2.24) is 10.2 Å². The average Bonchev–Trinajstić information content (AvgIpc) is 2.47. The minimum atomic E-state index is -0.625. The molecule has 1 amide bonds. The zero-order chi connectivity index (χ0) is 16.1. The number of ether oxygens (including phenoxy) is 1. The van der Waals surface area contributed by atoms with Crippen LogP contribution < -0.4 is 5.32 Å². The van der Waals surface area contributed by atoms with Gasteiger partial charge in [0.25, 0.3) is 0 Å². The van der Waals surface area contributed by atoms with E-state index in [1.165, 1.54) is 13.2 Å². The summed E-state index contributed by atoms with van der Waals surface area (Å²) < 4.78 is 18.1. The Labute approximate surface area is 130 Å². The van der Waals surface area contributed by atoms with Crippen molar-refractivity contribution in [2.75, 3.05) is 33.4 Å². The Morgan fingerprint density at radius 3 is 3.09 bits per heavy atom. The number of methoxy groups -OCH3 is 1. The lowest BCUT2D eigenvalue weighted by Gasteiger charge is -2.35. The van der Waals surface area contributed by atoms with E-state index in [4.69, 9.17) is 4.74 Å². The first-order chi connectivity index (χ1) is 10.5. The van der Waals surface area contributed by atoms with Crippen molar-refractivity contribution < 1.29 is 19.0 Å². The third-order valence-corrected chi connectivity index (χ3v) is 3.98. The number of carbonyl (C=O) groups excluding carboxylic acids is 1. The number of rotatable bonds is 6. The summed E-state index contributed by atoms with van der Waals surface area (Å²) in [6, 6.07) is 4.67. The number of carbonyl (C=O) groups is 1. The van der Waals surface area contributed by atoms with E-state index in [0.29, 0.717) is 19.5 Å². The van der Waals surface area contributed by atoms with Gasteiger partial charge in [0.1, 0.15) is 5.82 Å². The van der Waals surface area contributed by atoms with E-state index in [9.17, 15) is 14.3 Å². The number of nitrogens with zero attached hydrogens (tertiary/aromatic N) is 1. The van der Waals surface area contributed by atoms with Crippen LogP contribution in [0.5, 0.6) is 0 Å². The van der Waals surface area contributed by atoms with Gasteiger partial charge in [-0.05, 0) is 36.6 Å². The molecular formula is C16H23FN2O3. The molecule has 1 aromatic carbocycles. The summed E-state index contributed by atoms with van der Waals surface area (Å²) in [5.41, 5.74) is 1.97. The van der Waals surface area contributed by atoms with E-state index in [-0.39, 0.29) is 30.9 Å². The van der Waals surface area contributed by atoms with Gasteiger partial charge in [-0.3, -0.25) is 4.79 Å². The van der Waals surface area contributed by atoms with Crippen molar-refractivity contribution in [3.05, 3.63) is 35.1 Å². The fourth-order valence-electron chi connectivity index (χ4n) is 2.84. The summed E-state index contributed by atoms with van der Waals surface area (Å²) in [5.74, 6) is -0.258. The first kappa shape index (κ1) is 16.9. The van der Waals surface area contributed by atoms with Crippen LogP contribution in [0.3, 0.4) is 0 Å². The standard InChI is InChI=1S/C16H23FN2O3/c1-11-15-4-3-13(17)7-12(15)5-6-19(11)16(21)9-18-8-14(20)10-22-2/h3-4,7,11,14,18,20H,5-6,8-10H2,1-2H3/t11?,14-/m0/s1. The minimum absolute atomic E-state index is 0.0212. The van der Waals surface area contributed by atoms with Gasteiger partial charge in [-0.2, -0.15) is 0 Å². The maximum atomic E-state index is 13.3. The van der Waals surface area contributed by atoms with Gasteiger partial charge in [-0.15, -0.1) is 0 Å². The van der Waals surface area contributed by atoms with Crippen molar-refractivity contribution in [2.45, 2.75) is 25.5 Å². The molecule has 0 aliphatic carbocycles. The Morgan fingerprint density at radius 1 is 1.59 bits per heavy atom. The molecule has 0 saturated carbocycles. The first-order valence-electron chi connectivity index (χ1n) is 7.48. The molecule has 1 unspecified atom stereocenters. The number of hydrogen-bond acceptors (Lipinski definition) is 4. The van der Waals surface area contributed by atoms with Gasteiger partial charge in [0, 0.05) is 20.2 Å². The van der Waals surface area contributed by atoms with Crippen LogP contribution in [-0.2, 0) is 16.0 Å². The van der Waals surface area contributed by atoms with Gasteiger partial charge >= 0.3 is 0 Å². The lowest BCUT2D eigenvalue weighted by molar-refractivity contribution is -0.132. The summed E-state index contributed by atoms with van der Waals surface area (Å²) >= 11 is 0. The van der Waals surface area contributed by atoms with E-state index in [0.717, 1.165) is 11.1 Å². The van der Waals surface area contributed by atoms with Gasteiger partial charge < -0.3 is 20.1 Å². The Balaban J connectivity index is 1.90. The Hall–Kier alpha value is -1.50. The molecule has 0 spiro atoms. The molecule has 22 heavy (non-hydrogen) atoms. The molecule has 0 aromatic heterocycles. The normalized spacial score (nSPS) is 18.9. The van der Waals surface area contributed by atoms with E-state index in [1.54, 1.807) is 17.0 Å². The highest BCUT2D eigenvalue weighted by Gasteiger charge is 2.27. The summed E-state index contributed by atoms with van der Waals surface area (Å²) in [4.78, 5) is 14.1. The topological polar surface area (TPSA) is 61.8 Å². The monoisotopic (exact) mass is 310 g/mol. The number of fused-ring (bicyclic) bond motifs is 1. The molecule has 122 valence electrons. The third-order valence-electron chi connectivity index (χ3n) is 3.98.